The molecule has 1 aliphatic rings. The average Bonchev–Trinajstić information content (AvgIpc) is 2.42. The molecule has 0 radical (unpaired) electrons. The number of piperidine rings is 1. The highest BCUT2D eigenvalue weighted by atomic mass is 15.2. The number of benzene rings is 1. The van der Waals surface area contributed by atoms with E-state index in [1.54, 1.807) is 0 Å². The molecular weight excluding hydrogens is 244 g/mol. The first-order valence-electron chi connectivity index (χ1n) is 7.99. The van der Waals surface area contributed by atoms with Crippen molar-refractivity contribution in [3.63, 3.8) is 0 Å². The Hall–Kier alpha value is -0.860. The fourth-order valence-corrected chi connectivity index (χ4v) is 3.10. The number of hydrogen-bond acceptors (Lipinski definition) is 2. The number of nitrogens with zero attached hydrogens (tertiary/aromatic N) is 1. The topological polar surface area (TPSA) is 15.3 Å². The molecule has 3 unspecified atom stereocenters. The molecule has 2 nitrogen and oxygen atoms in total. The molecule has 0 bridgehead atoms. The van der Waals surface area contributed by atoms with Gasteiger partial charge in [0, 0.05) is 25.2 Å². The Balaban J connectivity index is 1.88. The molecule has 0 spiro atoms. The summed E-state index contributed by atoms with van der Waals surface area (Å²) in [6, 6.07) is 10.4. The number of likely N-dealkylation sites (tertiary alicyclic amines) is 1. The Morgan fingerprint density at radius 3 is 2.45 bits per heavy atom. The van der Waals surface area contributed by atoms with E-state index in [1.165, 1.54) is 24.1 Å². The van der Waals surface area contributed by atoms with Gasteiger partial charge in [0.1, 0.15) is 0 Å². The van der Waals surface area contributed by atoms with Crippen molar-refractivity contribution in [1.82, 2.24) is 10.2 Å². The summed E-state index contributed by atoms with van der Waals surface area (Å²) < 4.78 is 0. The first-order chi connectivity index (χ1) is 9.47. The molecule has 1 N–H and O–H groups in total. The van der Waals surface area contributed by atoms with Crippen LogP contribution >= 0.6 is 0 Å². The van der Waals surface area contributed by atoms with Crippen LogP contribution in [0, 0.1) is 5.92 Å². The quantitative estimate of drug-likeness (QED) is 0.902. The molecule has 3 atom stereocenters. The third-order valence-electron chi connectivity index (χ3n) is 4.83. The number of hydrogen-bond donors (Lipinski definition) is 1. The smallest absolute Gasteiger partial charge is 0.0208 e. The summed E-state index contributed by atoms with van der Waals surface area (Å²) in [6.07, 6.45) is 1.25. The largest absolute Gasteiger partial charge is 0.310 e. The standard InChI is InChI=1S/C18H30N2/c1-13(2)17-8-6-16(7-9-17)11-19-18-10-15(4)20(5)12-14(18)3/h6-9,13-15,18-19H,10-12H2,1-5H3. The van der Waals surface area contributed by atoms with Crippen LogP contribution in [0.4, 0.5) is 0 Å². The SMILES string of the molecule is CC(C)c1ccc(CNC2CC(C)N(C)CC2C)cc1. The van der Waals surface area contributed by atoms with Crippen LogP contribution in [0.5, 0.6) is 0 Å². The van der Waals surface area contributed by atoms with E-state index in [4.69, 9.17) is 0 Å². The molecular formula is C18H30N2. The molecule has 1 saturated heterocycles. The average molecular weight is 274 g/mol. The molecule has 1 aromatic rings. The van der Waals surface area contributed by atoms with Gasteiger partial charge in [-0.25, -0.2) is 0 Å². The first kappa shape index (κ1) is 15.5. The minimum atomic E-state index is 0.617. The second-order valence-corrected chi connectivity index (χ2v) is 6.89. The molecule has 1 aromatic carbocycles. The molecule has 2 heteroatoms. The summed E-state index contributed by atoms with van der Waals surface area (Å²) in [5.41, 5.74) is 2.82. The highest BCUT2D eigenvalue weighted by Crippen LogP contribution is 2.21. The lowest BCUT2D eigenvalue weighted by molar-refractivity contribution is 0.121. The molecule has 20 heavy (non-hydrogen) atoms. The van der Waals surface area contributed by atoms with Gasteiger partial charge in [-0.05, 0) is 43.4 Å². The van der Waals surface area contributed by atoms with Gasteiger partial charge in [-0.15, -0.1) is 0 Å². The molecule has 0 saturated carbocycles. The van der Waals surface area contributed by atoms with Crippen LogP contribution in [0.2, 0.25) is 0 Å². The van der Waals surface area contributed by atoms with E-state index >= 15 is 0 Å². The van der Waals surface area contributed by atoms with Gasteiger partial charge in [-0.3, -0.25) is 0 Å². The lowest BCUT2D eigenvalue weighted by Gasteiger charge is -2.40. The van der Waals surface area contributed by atoms with Crippen LogP contribution < -0.4 is 5.32 Å². The minimum Gasteiger partial charge on any atom is -0.310 e. The molecule has 2 rings (SSSR count). The van der Waals surface area contributed by atoms with Gasteiger partial charge < -0.3 is 10.2 Å². The lowest BCUT2D eigenvalue weighted by Crippen LogP contribution is -2.50. The van der Waals surface area contributed by atoms with Gasteiger partial charge in [0.15, 0.2) is 0 Å². The summed E-state index contributed by atoms with van der Waals surface area (Å²) in [4.78, 5) is 2.47. The van der Waals surface area contributed by atoms with Crippen LogP contribution in [0.1, 0.15) is 51.2 Å². The van der Waals surface area contributed by atoms with Gasteiger partial charge in [0.05, 0.1) is 0 Å². The Morgan fingerprint density at radius 1 is 1.20 bits per heavy atom. The Kier molecular flexibility index (Phi) is 5.22. The number of nitrogens with one attached hydrogen (secondary N) is 1. The molecule has 0 amide bonds. The Labute approximate surface area is 124 Å². The van der Waals surface area contributed by atoms with Crippen LogP contribution in [-0.4, -0.2) is 30.6 Å². The highest BCUT2D eigenvalue weighted by Gasteiger charge is 2.28. The van der Waals surface area contributed by atoms with Crippen molar-refractivity contribution in [2.75, 3.05) is 13.6 Å². The van der Waals surface area contributed by atoms with Crippen LogP contribution in [0.25, 0.3) is 0 Å². The van der Waals surface area contributed by atoms with E-state index in [0.29, 0.717) is 18.0 Å². The fourth-order valence-electron chi connectivity index (χ4n) is 3.10. The third kappa shape index (κ3) is 3.83. The van der Waals surface area contributed by atoms with Gasteiger partial charge in [0.2, 0.25) is 0 Å². The van der Waals surface area contributed by atoms with Gasteiger partial charge in [0.25, 0.3) is 0 Å². The third-order valence-corrected chi connectivity index (χ3v) is 4.83. The van der Waals surface area contributed by atoms with Crippen molar-refractivity contribution < 1.29 is 0 Å². The Morgan fingerprint density at radius 2 is 1.85 bits per heavy atom. The van der Waals surface area contributed by atoms with Crippen molar-refractivity contribution in [3.05, 3.63) is 35.4 Å². The van der Waals surface area contributed by atoms with Gasteiger partial charge >= 0.3 is 0 Å². The van der Waals surface area contributed by atoms with E-state index in [0.717, 1.165) is 12.5 Å². The summed E-state index contributed by atoms with van der Waals surface area (Å²) >= 11 is 0. The lowest BCUT2D eigenvalue weighted by atomic mass is 9.89. The first-order valence-corrected chi connectivity index (χ1v) is 7.99. The molecule has 0 aliphatic carbocycles. The van der Waals surface area contributed by atoms with Crippen molar-refractivity contribution in [2.45, 2.75) is 58.7 Å². The van der Waals surface area contributed by atoms with E-state index in [9.17, 15) is 0 Å². The van der Waals surface area contributed by atoms with Crippen molar-refractivity contribution in [2.24, 2.45) is 5.92 Å². The predicted octanol–water partition coefficient (Wildman–Crippen LogP) is 3.63. The normalized spacial score (nSPS) is 28.0. The summed E-state index contributed by atoms with van der Waals surface area (Å²) in [5, 5.41) is 3.76. The second kappa shape index (κ2) is 6.73. The van der Waals surface area contributed by atoms with E-state index in [2.05, 4.69) is 69.2 Å². The monoisotopic (exact) mass is 274 g/mol. The number of rotatable bonds is 4. The van der Waals surface area contributed by atoms with Crippen LogP contribution in [0.15, 0.2) is 24.3 Å². The van der Waals surface area contributed by atoms with Gasteiger partial charge in [-0.1, -0.05) is 45.0 Å². The summed E-state index contributed by atoms with van der Waals surface area (Å²) in [5.74, 6) is 1.35. The zero-order valence-electron chi connectivity index (χ0n) is 13.7. The zero-order chi connectivity index (χ0) is 14.7. The molecule has 1 heterocycles. The van der Waals surface area contributed by atoms with E-state index < -0.39 is 0 Å². The van der Waals surface area contributed by atoms with Crippen molar-refractivity contribution >= 4 is 0 Å². The predicted molar refractivity (Wildman–Crippen MR) is 87.0 cm³/mol. The maximum absolute atomic E-state index is 3.76. The fraction of sp³-hybridized carbons (Fsp3) is 0.667. The van der Waals surface area contributed by atoms with Crippen molar-refractivity contribution in [3.8, 4) is 0 Å². The minimum absolute atomic E-state index is 0.617. The zero-order valence-corrected chi connectivity index (χ0v) is 13.7. The molecule has 112 valence electrons. The highest BCUT2D eigenvalue weighted by molar-refractivity contribution is 5.24. The van der Waals surface area contributed by atoms with Crippen LogP contribution in [-0.2, 0) is 6.54 Å². The Bertz CT molecular complexity index is 410. The maximum atomic E-state index is 3.76. The summed E-state index contributed by atoms with van der Waals surface area (Å²) in [6.45, 7) is 11.4. The van der Waals surface area contributed by atoms with Crippen molar-refractivity contribution in [1.29, 1.82) is 0 Å². The van der Waals surface area contributed by atoms with E-state index in [-0.39, 0.29) is 0 Å². The molecule has 0 aromatic heterocycles. The summed E-state index contributed by atoms with van der Waals surface area (Å²) in [7, 11) is 2.24. The maximum Gasteiger partial charge on any atom is 0.0208 e. The molecule has 1 fully saturated rings. The van der Waals surface area contributed by atoms with Crippen LogP contribution in [0.3, 0.4) is 0 Å². The van der Waals surface area contributed by atoms with Gasteiger partial charge in [-0.2, -0.15) is 0 Å². The molecule has 1 aliphatic heterocycles. The second-order valence-electron chi connectivity index (χ2n) is 6.89. The van der Waals surface area contributed by atoms with E-state index in [1.807, 2.05) is 0 Å².